The lowest BCUT2D eigenvalue weighted by Crippen LogP contribution is -2.26. The van der Waals surface area contributed by atoms with E-state index in [4.69, 9.17) is 9.15 Å². The minimum absolute atomic E-state index is 0.0614. The summed E-state index contributed by atoms with van der Waals surface area (Å²) in [5.41, 5.74) is 2.34. The predicted octanol–water partition coefficient (Wildman–Crippen LogP) is 2.07. The lowest BCUT2D eigenvalue weighted by Gasteiger charge is -2.12. The first-order valence-corrected chi connectivity index (χ1v) is 9.69. The van der Waals surface area contributed by atoms with Gasteiger partial charge in [0.05, 0.1) is 6.10 Å². The van der Waals surface area contributed by atoms with Crippen LogP contribution in [0.15, 0.2) is 59.5 Å². The highest BCUT2D eigenvalue weighted by molar-refractivity contribution is 5.77. The number of aromatic nitrogens is 2. The van der Waals surface area contributed by atoms with E-state index in [9.17, 15) is 9.90 Å². The molecule has 158 valence electrons. The highest BCUT2D eigenvalue weighted by Gasteiger charge is 2.12. The van der Waals surface area contributed by atoms with Gasteiger partial charge < -0.3 is 24.5 Å². The summed E-state index contributed by atoms with van der Waals surface area (Å²) < 4.78 is 11.1. The summed E-state index contributed by atoms with van der Waals surface area (Å²) >= 11 is 0. The van der Waals surface area contributed by atoms with Crippen molar-refractivity contribution in [2.75, 3.05) is 33.8 Å². The van der Waals surface area contributed by atoms with E-state index in [-0.39, 0.29) is 12.3 Å². The molecule has 0 aliphatic rings. The SMILES string of the molecule is CN(C)C(=O)Cc1nc(-c2ccc(OCCNC[C@H](O)c3cccnc3)cc2)co1. The van der Waals surface area contributed by atoms with Crippen LogP contribution in [0, 0.1) is 0 Å². The predicted molar refractivity (Wildman–Crippen MR) is 112 cm³/mol. The highest BCUT2D eigenvalue weighted by Crippen LogP contribution is 2.22. The summed E-state index contributed by atoms with van der Waals surface area (Å²) in [6.07, 6.45) is 4.42. The number of hydrogen-bond donors (Lipinski definition) is 2. The molecule has 0 fully saturated rings. The maximum atomic E-state index is 11.7. The second-order valence-electron chi connectivity index (χ2n) is 6.97. The number of likely N-dealkylation sites (N-methyl/N-ethyl adjacent to an activating group) is 1. The lowest BCUT2D eigenvalue weighted by molar-refractivity contribution is -0.128. The summed E-state index contributed by atoms with van der Waals surface area (Å²) in [7, 11) is 3.40. The summed E-state index contributed by atoms with van der Waals surface area (Å²) in [4.78, 5) is 21.6. The molecule has 3 aromatic rings. The van der Waals surface area contributed by atoms with E-state index in [0.717, 1.165) is 16.9 Å². The van der Waals surface area contributed by atoms with Gasteiger partial charge in [0, 0.05) is 50.7 Å². The number of nitrogens with one attached hydrogen (secondary N) is 1. The fourth-order valence-electron chi connectivity index (χ4n) is 2.70. The average Bonchev–Trinajstić information content (AvgIpc) is 3.22. The van der Waals surface area contributed by atoms with Crippen LogP contribution in [0.1, 0.15) is 17.6 Å². The van der Waals surface area contributed by atoms with Gasteiger partial charge in [0.1, 0.15) is 30.7 Å². The van der Waals surface area contributed by atoms with Crippen molar-refractivity contribution in [2.24, 2.45) is 0 Å². The van der Waals surface area contributed by atoms with Crippen LogP contribution in [0.4, 0.5) is 0 Å². The first-order chi connectivity index (χ1) is 14.5. The van der Waals surface area contributed by atoms with E-state index >= 15 is 0 Å². The summed E-state index contributed by atoms with van der Waals surface area (Å²) in [6, 6.07) is 11.1. The Labute approximate surface area is 175 Å². The molecule has 2 heterocycles. The molecular weight excluding hydrogens is 384 g/mol. The number of aliphatic hydroxyl groups excluding tert-OH is 1. The number of hydrogen-bond acceptors (Lipinski definition) is 7. The van der Waals surface area contributed by atoms with Crippen molar-refractivity contribution in [3.63, 3.8) is 0 Å². The molecule has 2 N–H and O–H groups in total. The van der Waals surface area contributed by atoms with Gasteiger partial charge in [-0.2, -0.15) is 0 Å². The van der Waals surface area contributed by atoms with Crippen molar-refractivity contribution in [1.82, 2.24) is 20.2 Å². The van der Waals surface area contributed by atoms with Crippen molar-refractivity contribution in [3.8, 4) is 17.0 Å². The van der Waals surface area contributed by atoms with Crippen molar-refractivity contribution in [2.45, 2.75) is 12.5 Å². The molecule has 30 heavy (non-hydrogen) atoms. The first kappa shape index (κ1) is 21.5. The molecule has 0 aliphatic heterocycles. The van der Waals surface area contributed by atoms with E-state index in [2.05, 4.69) is 15.3 Å². The van der Waals surface area contributed by atoms with E-state index in [0.29, 0.717) is 31.3 Å². The fourth-order valence-corrected chi connectivity index (χ4v) is 2.70. The van der Waals surface area contributed by atoms with E-state index < -0.39 is 6.10 Å². The van der Waals surface area contributed by atoms with Crippen LogP contribution >= 0.6 is 0 Å². The Morgan fingerprint density at radius 1 is 1.27 bits per heavy atom. The summed E-state index contributed by atoms with van der Waals surface area (Å²) in [5, 5.41) is 13.2. The van der Waals surface area contributed by atoms with Crippen LogP contribution in [-0.4, -0.2) is 59.7 Å². The van der Waals surface area contributed by atoms with Crippen LogP contribution in [0.3, 0.4) is 0 Å². The molecule has 0 saturated heterocycles. The molecule has 0 radical (unpaired) electrons. The fraction of sp³-hybridized carbons (Fsp3) is 0.318. The third kappa shape index (κ3) is 6.13. The van der Waals surface area contributed by atoms with E-state index in [1.807, 2.05) is 30.3 Å². The third-order valence-corrected chi connectivity index (χ3v) is 4.46. The smallest absolute Gasteiger partial charge is 0.231 e. The second-order valence-corrected chi connectivity index (χ2v) is 6.97. The number of oxazole rings is 1. The number of benzene rings is 1. The van der Waals surface area contributed by atoms with Crippen LogP contribution in [0.25, 0.3) is 11.3 Å². The minimum atomic E-state index is -0.599. The number of aliphatic hydroxyl groups is 1. The minimum Gasteiger partial charge on any atom is -0.492 e. The van der Waals surface area contributed by atoms with Gasteiger partial charge in [-0.25, -0.2) is 4.98 Å². The number of amides is 1. The Morgan fingerprint density at radius 3 is 2.77 bits per heavy atom. The van der Waals surface area contributed by atoms with Gasteiger partial charge in [0.2, 0.25) is 11.8 Å². The Balaban J connectivity index is 1.41. The first-order valence-electron chi connectivity index (χ1n) is 9.69. The molecular formula is C22H26N4O4. The highest BCUT2D eigenvalue weighted by atomic mass is 16.5. The van der Waals surface area contributed by atoms with E-state index in [1.165, 1.54) is 4.90 Å². The average molecular weight is 410 g/mol. The van der Waals surface area contributed by atoms with Crippen LogP contribution in [0.2, 0.25) is 0 Å². The van der Waals surface area contributed by atoms with Crippen molar-refractivity contribution in [3.05, 3.63) is 66.5 Å². The molecule has 0 spiro atoms. The normalized spacial score (nSPS) is 11.8. The van der Waals surface area contributed by atoms with Crippen LogP contribution < -0.4 is 10.1 Å². The Bertz CT molecular complexity index is 926. The van der Waals surface area contributed by atoms with Gasteiger partial charge in [-0.1, -0.05) is 6.07 Å². The quantitative estimate of drug-likeness (QED) is 0.494. The maximum absolute atomic E-state index is 11.7. The zero-order chi connectivity index (χ0) is 21.3. The van der Waals surface area contributed by atoms with Crippen molar-refractivity contribution >= 4 is 5.91 Å². The monoisotopic (exact) mass is 410 g/mol. The van der Waals surface area contributed by atoms with Crippen molar-refractivity contribution < 1.29 is 19.1 Å². The molecule has 0 saturated carbocycles. The largest absolute Gasteiger partial charge is 0.492 e. The molecule has 1 atom stereocenters. The number of pyridine rings is 1. The molecule has 1 aromatic carbocycles. The van der Waals surface area contributed by atoms with Crippen LogP contribution in [-0.2, 0) is 11.2 Å². The molecule has 0 bridgehead atoms. The Hall–Kier alpha value is -3.23. The lowest BCUT2D eigenvalue weighted by atomic mass is 10.1. The van der Waals surface area contributed by atoms with Gasteiger partial charge >= 0.3 is 0 Å². The molecule has 1 amide bonds. The summed E-state index contributed by atoms with van der Waals surface area (Å²) in [6.45, 7) is 1.50. The van der Waals surface area contributed by atoms with E-state index in [1.54, 1.807) is 38.8 Å². The third-order valence-electron chi connectivity index (χ3n) is 4.46. The van der Waals surface area contributed by atoms with Crippen molar-refractivity contribution in [1.29, 1.82) is 0 Å². The number of rotatable bonds is 10. The Morgan fingerprint density at radius 2 is 2.07 bits per heavy atom. The molecule has 8 nitrogen and oxygen atoms in total. The zero-order valence-corrected chi connectivity index (χ0v) is 17.1. The number of carbonyl (C=O) groups excluding carboxylic acids is 1. The molecule has 0 aliphatic carbocycles. The summed E-state index contributed by atoms with van der Waals surface area (Å²) in [5.74, 6) is 1.07. The molecule has 2 aromatic heterocycles. The van der Waals surface area contributed by atoms with Crippen LogP contribution in [0.5, 0.6) is 5.75 Å². The van der Waals surface area contributed by atoms with Gasteiger partial charge in [0.15, 0.2) is 0 Å². The number of nitrogens with zero attached hydrogens (tertiary/aromatic N) is 3. The maximum Gasteiger partial charge on any atom is 0.231 e. The standard InChI is InChI=1S/C22H26N4O4/c1-26(2)22(28)12-21-25-19(15-30-21)16-5-7-18(8-6-16)29-11-10-24-14-20(27)17-4-3-9-23-13-17/h3-9,13,15,20,24,27H,10-12,14H2,1-2H3/t20-/m0/s1. The van der Waals surface area contributed by atoms with Gasteiger partial charge in [-0.05, 0) is 30.3 Å². The Kier molecular flexibility index (Phi) is 7.53. The molecule has 0 unspecified atom stereocenters. The zero-order valence-electron chi connectivity index (χ0n) is 17.1. The number of ether oxygens (including phenoxy) is 1. The number of carbonyl (C=O) groups is 1. The molecule has 3 rings (SSSR count). The van der Waals surface area contributed by atoms with Gasteiger partial charge in [0.25, 0.3) is 0 Å². The van der Waals surface area contributed by atoms with Gasteiger partial charge in [-0.3, -0.25) is 9.78 Å². The second kappa shape index (κ2) is 10.5. The topological polar surface area (TPSA) is 101 Å². The molecule has 8 heteroatoms. The van der Waals surface area contributed by atoms with Gasteiger partial charge in [-0.15, -0.1) is 0 Å².